The van der Waals surface area contributed by atoms with Crippen LogP contribution >= 0.6 is 22.7 Å². The molecule has 0 aliphatic carbocycles. The molecule has 0 atom stereocenters. The maximum absolute atomic E-state index is 2.29. The van der Waals surface area contributed by atoms with Gasteiger partial charge >= 0.3 is 0 Å². The second kappa shape index (κ2) is 6.91. The molecule has 96 valence electrons. The monoisotopic (exact) mass is 276 g/mol. The average Bonchev–Trinajstić information content (AvgIpc) is 2.97. The minimum Gasteiger partial charge on any atom is -0.144 e. The topological polar surface area (TPSA) is 0 Å². The molecule has 0 unspecified atom stereocenters. The molecule has 0 saturated carbocycles. The van der Waals surface area contributed by atoms with Crippen LogP contribution < -0.4 is 0 Å². The Morgan fingerprint density at radius 1 is 0.833 bits per heavy atom. The van der Waals surface area contributed by atoms with E-state index in [0.717, 1.165) is 0 Å². The number of hydrogen-bond acceptors (Lipinski definition) is 2. The van der Waals surface area contributed by atoms with Gasteiger partial charge in [-0.1, -0.05) is 26.7 Å². The summed E-state index contributed by atoms with van der Waals surface area (Å²) < 4.78 is 0. The molecule has 0 aromatic carbocycles. The summed E-state index contributed by atoms with van der Waals surface area (Å²) in [6, 6.07) is 4.52. The van der Waals surface area contributed by atoms with Crippen molar-refractivity contribution in [1.82, 2.24) is 0 Å². The Bertz CT molecular complexity index is 456. The van der Waals surface area contributed by atoms with Gasteiger partial charge in [-0.25, -0.2) is 0 Å². The van der Waals surface area contributed by atoms with Crippen molar-refractivity contribution in [2.75, 3.05) is 0 Å². The van der Waals surface area contributed by atoms with E-state index in [9.17, 15) is 0 Å². The molecule has 2 rings (SSSR count). The first-order chi connectivity index (χ1) is 8.85. The molecule has 0 spiro atoms. The fourth-order valence-corrected chi connectivity index (χ4v) is 3.78. The van der Waals surface area contributed by atoms with Gasteiger partial charge in [0.1, 0.15) is 0 Å². The van der Waals surface area contributed by atoms with E-state index in [-0.39, 0.29) is 0 Å². The summed E-state index contributed by atoms with van der Waals surface area (Å²) >= 11 is 3.70. The highest BCUT2D eigenvalue weighted by Gasteiger charge is 2.02. The van der Waals surface area contributed by atoms with Crippen molar-refractivity contribution in [3.8, 4) is 0 Å². The number of rotatable bonds is 6. The fraction of sp³-hybridized carbons (Fsp3) is 0.375. The molecule has 0 N–H and O–H groups in total. The minimum atomic E-state index is 1.19. The maximum atomic E-state index is 2.29. The molecule has 2 aromatic heterocycles. The molecule has 18 heavy (non-hydrogen) atoms. The lowest BCUT2D eigenvalue weighted by molar-refractivity contribution is 0.924. The smallest absolute Gasteiger partial charge is 0.0302 e. The van der Waals surface area contributed by atoms with E-state index in [4.69, 9.17) is 0 Å². The average molecular weight is 276 g/mol. The largest absolute Gasteiger partial charge is 0.144 e. The third-order valence-electron chi connectivity index (χ3n) is 2.99. The number of hydrogen-bond donors (Lipinski definition) is 0. The van der Waals surface area contributed by atoms with Gasteiger partial charge in [-0.2, -0.15) is 0 Å². The second-order valence-corrected chi connectivity index (χ2v) is 6.35. The lowest BCUT2D eigenvalue weighted by Crippen LogP contribution is -1.82. The van der Waals surface area contributed by atoms with Crippen LogP contribution in [0.4, 0.5) is 0 Å². The van der Waals surface area contributed by atoms with Crippen molar-refractivity contribution in [1.29, 1.82) is 0 Å². The van der Waals surface area contributed by atoms with E-state index < -0.39 is 0 Å². The van der Waals surface area contributed by atoms with Crippen molar-refractivity contribution in [3.63, 3.8) is 0 Å². The Hall–Kier alpha value is -0.860. The Kier molecular flexibility index (Phi) is 5.21. The first-order valence-corrected chi connectivity index (χ1v) is 8.41. The van der Waals surface area contributed by atoms with Crippen LogP contribution in [0.15, 0.2) is 22.9 Å². The summed E-state index contributed by atoms with van der Waals surface area (Å²) in [6.07, 6.45) is 9.40. The SMILES string of the molecule is CCCc1ccsc1/C=C/c1sccc1CCC. The van der Waals surface area contributed by atoms with Crippen molar-refractivity contribution >= 4 is 34.8 Å². The van der Waals surface area contributed by atoms with Gasteiger partial charge in [-0.15, -0.1) is 22.7 Å². The molecule has 0 amide bonds. The maximum Gasteiger partial charge on any atom is 0.0302 e. The van der Waals surface area contributed by atoms with Gasteiger partial charge in [0.05, 0.1) is 0 Å². The van der Waals surface area contributed by atoms with E-state index in [1.807, 2.05) is 22.7 Å². The molecule has 0 aliphatic heterocycles. The summed E-state index contributed by atoms with van der Waals surface area (Å²) in [4.78, 5) is 2.85. The van der Waals surface area contributed by atoms with E-state index >= 15 is 0 Å². The molecular weight excluding hydrogens is 256 g/mol. The molecule has 0 saturated heterocycles. The van der Waals surface area contributed by atoms with Gasteiger partial charge in [0.25, 0.3) is 0 Å². The predicted molar refractivity (Wildman–Crippen MR) is 85.6 cm³/mol. The molecule has 0 nitrogen and oxygen atoms in total. The fourth-order valence-electron chi connectivity index (χ4n) is 2.09. The molecule has 2 aromatic rings. The molecule has 2 heteroatoms. The Morgan fingerprint density at radius 3 is 1.67 bits per heavy atom. The summed E-state index contributed by atoms with van der Waals surface area (Å²) in [5, 5.41) is 4.40. The van der Waals surface area contributed by atoms with Gasteiger partial charge in [-0.3, -0.25) is 0 Å². The normalized spacial score (nSPS) is 11.4. The Morgan fingerprint density at radius 2 is 1.28 bits per heavy atom. The third kappa shape index (κ3) is 3.33. The minimum absolute atomic E-state index is 1.19. The summed E-state index contributed by atoms with van der Waals surface area (Å²) in [7, 11) is 0. The molecule has 0 fully saturated rings. The van der Waals surface area contributed by atoms with Crippen LogP contribution in [-0.2, 0) is 12.8 Å². The Balaban J connectivity index is 2.14. The summed E-state index contributed by atoms with van der Waals surface area (Å²) in [5.41, 5.74) is 2.99. The lowest BCUT2D eigenvalue weighted by atomic mass is 10.1. The summed E-state index contributed by atoms with van der Waals surface area (Å²) in [5.74, 6) is 0. The quantitative estimate of drug-likeness (QED) is 0.617. The highest BCUT2D eigenvalue weighted by Crippen LogP contribution is 2.25. The van der Waals surface area contributed by atoms with Crippen molar-refractivity contribution in [3.05, 3.63) is 43.8 Å². The zero-order chi connectivity index (χ0) is 12.8. The second-order valence-electron chi connectivity index (χ2n) is 4.45. The number of thiophene rings is 2. The van der Waals surface area contributed by atoms with Gasteiger partial charge in [0.2, 0.25) is 0 Å². The van der Waals surface area contributed by atoms with Gasteiger partial charge in [0.15, 0.2) is 0 Å². The van der Waals surface area contributed by atoms with Crippen LogP contribution in [0.1, 0.15) is 47.6 Å². The van der Waals surface area contributed by atoms with Crippen molar-refractivity contribution < 1.29 is 0 Å². The zero-order valence-electron chi connectivity index (χ0n) is 11.1. The van der Waals surface area contributed by atoms with E-state index in [0.29, 0.717) is 0 Å². The molecular formula is C16H20S2. The molecule has 0 aliphatic rings. The van der Waals surface area contributed by atoms with Crippen molar-refractivity contribution in [2.24, 2.45) is 0 Å². The van der Waals surface area contributed by atoms with Crippen LogP contribution in [-0.4, -0.2) is 0 Å². The van der Waals surface area contributed by atoms with Crippen LogP contribution in [0, 0.1) is 0 Å². The van der Waals surface area contributed by atoms with Crippen LogP contribution in [0.2, 0.25) is 0 Å². The first kappa shape index (κ1) is 13.6. The van der Waals surface area contributed by atoms with Crippen molar-refractivity contribution in [2.45, 2.75) is 39.5 Å². The molecule has 0 bridgehead atoms. The van der Waals surface area contributed by atoms with Crippen LogP contribution in [0.3, 0.4) is 0 Å². The first-order valence-electron chi connectivity index (χ1n) is 6.66. The summed E-state index contributed by atoms with van der Waals surface area (Å²) in [6.45, 7) is 4.48. The Labute approximate surface area is 118 Å². The molecule has 2 heterocycles. The van der Waals surface area contributed by atoms with E-state index in [1.54, 1.807) is 0 Å². The van der Waals surface area contributed by atoms with E-state index in [2.05, 4.69) is 48.9 Å². The zero-order valence-corrected chi connectivity index (χ0v) is 12.7. The third-order valence-corrected chi connectivity index (χ3v) is 4.83. The standard InChI is InChI=1S/C16H20S2/c1-3-5-13-9-11-17-15(13)7-8-16-14(6-4-2)10-12-18-16/h7-12H,3-6H2,1-2H3/b8-7+. The van der Waals surface area contributed by atoms with Gasteiger partial charge in [-0.05, 0) is 59.0 Å². The lowest BCUT2D eigenvalue weighted by Gasteiger charge is -1.98. The van der Waals surface area contributed by atoms with Crippen LogP contribution in [0.25, 0.3) is 12.2 Å². The van der Waals surface area contributed by atoms with Gasteiger partial charge < -0.3 is 0 Å². The number of aryl methyl sites for hydroxylation is 2. The molecule has 0 radical (unpaired) electrons. The highest BCUT2D eigenvalue weighted by molar-refractivity contribution is 7.12. The van der Waals surface area contributed by atoms with Crippen LogP contribution in [0.5, 0.6) is 0 Å². The van der Waals surface area contributed by atoms with E-state index in [1.165, 1.54) is 46.6 Å². The predicted octanol–water partition coefficient (Wildman–Crippen LogP) is 5.89. The van der Waals surface area contributed by atoms with Gasteiger partial charge in [0, 0.05) is 9.75 Å². The highest BCUT2D eigenvalue weighted by atomic mass is 32.1.